The minimum Gasteiger partial charge on any atom is -0.350 e. The van der Waals surface area contributed by atoms with E-state index < -0.39 is 5.54 Å². The molecular formula is C23H30N4O2. The van der Waals surface area contributed by atoms with Crippen LogP contribution in [0, 0.1) is 0 Å². The van der Waals surface area contributed by atoms with Gasteiger partial charge in [0.15, 0.2) is 0 Å². The van der Waals surface area contributed by atoms with Crippen molar-refractivity contribution in [1.82, 2.24) is 16.0 Å². The van der Waals surface area contributed by atoms with Gasteiger partial charge in [-0.1, -0.05) is 61.9 Å². The molecule has 0 heterocycles. The summed E-state index contributed by atoms with van der Waals surface area (Å²) in [6, 6.07) is 15.6. The summed E-state index contributed by atoms with van der Waals surface area (Å²) in [5.41, 5.74) is 9.58. The van der Waals surface area contributed by atoms with E-state index in [1.807, 2.05) is 48.5 Å². The van der Waals surface area contributed by atoms with Gasteiger partial charge in [0.2, 0.25) is 5.91 Å². The van der Waals surface area contributed by atoms with Crippen LogP contribution in [0.1, 0.15) is 48.4 Å². The fourth-order valence-electron chi connectivity index (χ4n) is 3.61. The van der Waals surface area contributed by atoms with Crippen molar-refractivity contribution in [1.29, 1.82) is 0 Å². The molecule has 0 aliphatic heterocycles. The molecule has 1 atom stereocenters. The van der Waals surface area contributed by atoms with Gasteiger partial charge in [-0.15, -0.1) is 0 Å². The number of unbranched alkanes of at least 4 members (excludes halogenated alkanes) is 1. The molecule has 2 aromatic rings. The average molecular weight is 395 g/mol. The number of aryl methyl sites for hydroxylation is 1. The Morgan fingerprint density at radius 1 is 0.966 bits per heavy atom. The van der Waals surface area contributed by atoms with Crippen LogP contribution >= 0.6 is 0 Å². The van der Waals surface area contributed by atoms with Gasteiger partial charge in [-0.05, 0) is 41.5 Å². The number of carbonyl (C=O) groups excluding carboxylic acids is 2. The first-order chi connectivity index (χ1) is 14.0. The van der Waals surface area contributed by atoms with Crippen LogP contribution in [-0.4, -0.2) is 18.5 Å². The van der Waals surface area contributed by atoms with Gasteiger partial charge in [-0.25, -0.2) is 4.79 Å². The summed E-state index contributed by atoms with van der Waals surface area (Å²) in [6.07, 6.45) is 3.48. The Morgan fingerprint density at radius 2 is 1.62 bits per heavy atom. The molecule has 0 fully saturated rings. The zero-order valence-corrected chi connectivity index (χ0v) is 17.0. The Morgan fingerprint density at radius 3 is 2.31 bits per heavy atom. The minimum atomic E-state index is -0.953. The summed E-state index contributed by atoms with van der Waals surface area (Å²) < 4.78 is 0. The molecule has 154 valence electrons. The fraction of sp³-hybridized carbons (Fsp3) is 0.391. The molecule has 0 saturated carbocycles. The van der Waals surface area contributed by atoms with E-state index in [-0.39, 0.29) is 11.9 Å². The predicted molar refractivity (Wildman–Crippen MR) is 114 cm³/mol. The maximum Gasteiger partial charge on any atom is 0.315 e. The normalized spacial score (nSPS) is 17.4. The number of benzene rings is 2. The number of rotatable bonds is 8. The third kappa shape index (κ3) is 5.15. The number of nitrogens with two attached hydrogens (primary N) is 1. The SMILES string of the molecule is CCCCNC(=O)NCc1ccc(CNC(=O)C2(N)CCc3ccccc32)cc1. The summed E-state index contributed by atoms with van der Waals surface area (Å²) in [5, 5.41) is 8.65. The van der Waals surface area contributed by atoms with E-state index in [1.54, 1.807) is 0 Å². The van der Waals surface area contributed by atoms with Crippen molar-refractivity contribution in [2.24, 2.45) is 5.73 Å². The predicted octanol–water partition coefficient (Wildman–Crippen LogP) is 2.70. The van der Waals surface area contributed by atoms with Crippen LogP contribution in [-0.2, 0) is 29.8 Å². The third-order valence-corrected chi connectivity index (χ3v) is 5.44. The zero-order valence-electron chi connectivity index (χ0n) is 17.0. The third-order valence-electron chi connectivity index (χ3n) is 5.44. The van der Waals surface area contributed by atoms with Crippen LogP contribution in [0.3, 0.4) is 0 Å². The molecule has 1 aliphatic rings. The van der Waals surface area contributed by atoms with Crippen LogP contribution < -0.4 is 21.7 Å². The Labute approximate surface area is 172 Å². The smallest absolute Gasteiger partial charge is 0.315 e. The molecule has 0 spiro atoms. The van der Waals surface area contributed by atoms with Crippen LogP contribution in [0.4, 0.5) is 4.79 Å². The summed E-state index contributed by atoms with van der Waals surface area (Å²) in [5.74, 6) is -0.142. The van der Waals surface area contributed by atoms with Gasteiger partial charge in [-0.3, -0.25) is 4.79 Å². The van der Waals surface area contributed by atoms with E-state index in [1.165, 1.54) is 0 Å². The van der Waals surface area contributed by atoms with Gasteiger partial charge in [0.25, 0.3) is 0 Å². The molecule has 0 bridgehead atoms. The Balaban J connectivity index is 1.48. The van der Waals surface area contributed by atoms with Crippen LogP contribution in [0.15, 0.2) is 48.5 Å². The second-order valence-electron chi connectivity index (χ2n) is 7.59. The van der Waals surface area contributed by atoms with Crippen molar-refractivity contribution in [3.63, 3.8) is 0 Å². The van der Waals surface area contributed by atoms with Crippen molar-refractivity contribution in [3.05, 3.63) is 70.8 Å². The lowest BCUT2D eigenvalue weighted by atomic mass is 9.92. The summed E-state index contributed by atoms with van der Waals surface area (Å²) in [7, 11) is 0. The highest BCUT2D eigenvalue weighted by molar-refractivity contribution is 5.88. The van der Waals surface area contributed by atoms with Gasteiger partial charge in [0.1, 0.15) is 5.54 Å². The van der Waals surface area contributed by atoms with E-state index in [2.05, 4.69) is 22.9 Å². The molecule has 1 unspecified atom stereocenters. The van der Waals surface area contributed by atoms with Crippen molar-refractivity contribution in [2.75, 3.05) is 6.54 Å². The number of urea groups is 1. The highest BCUT2D eigenvalue weighted by Crippen LogP contribution is 2.34. The second-order valence-corrected chi connectivity index (χ2v) is 7.59. The number of nitrogens with one attached hydrogen (secondary N) is 3. The highest BCUT2D eigenvalue weighted by Gasteiger charge is 2.41. The zero-order chi connectivity index (χ0) is 20.7. The van der Waals surface area contributed by atoms with E-state index in [9.17, 15) is 9.59 Å². The number of amides is 3. The van der Waals surface area contributed by atoms with Crippen molar-refractivity contribution >= 4 is 11.9 Å². The molecule has 0 aromatic heterocycles. The molecule has 3 rings (SSSR count). The Bertz CT molecular complexity index is 850. The van der Waals surface area contributed by atoms with E-state index >= 15 is 0 Å². The largest absolute Gasteiger partial charge is 0.350 e. The molecule has 3 amide bonds. The number of fused-ring (bicyclic) bond motifs is 1. The first-order valence-corrected chi connectivity index (χ1v) is 10.3. The van der Waals surface area contributed by atoms with Crippen molar-refractivity contribution in [2.45, 2.75) is 51.2 Å². The summed E-state index contributed by atoms with van der Waals surface area (Å²) in [4.78, 5) is 24.5. The molecule has 29 heavy (non-hydrogen) atoms. The minimum absolute atomic E-state index is 0.142. The van der Waals surface area contributed by atoms with E-state index in [0.29, 0.717) is 26.1 Å². The summed E-state index contributed by atoms with van der Waals surface area (Å²) in [6.45, 7) is 3.66. The molecule has 6 heteroatoms. The quantitative estimate of drug-likeness (QED) is 0.518. The monoisotopic (exact) mass is 394 g/mol. The lowest BCUT2D eigenvalue weighted by molar-refractivity contribution is -0.126. The van der Waals surface area contributed by atoms with Gasteiger partial charge in [-0.2, -0.15) is 0 Å². The van der Waals surface area contributed by atoms with Gasteiger partial charge in [0.05, 0.1) is 0 Å². The van der Waals surface area contributed by atoms with E-state index in [4.69, 9.17) is 5.73 Å². The average Bonchev–Trinajstić information content (AvgIpc) is 3.10. The van der Waals surface area contributed by atoms with Gasteiger partial charge in [0, 0.05) is 19.6 Å². The standard InChI is InChI=1S/C23H30N4O2/c1-2-3-14-25-22(29)27-16-18-10-8-17(9-11-18)15-26-21(28)23(24)13-12-19-6-4-5-7-20(19)23/h4-11H,2-3,12-16,24H2,1H3,(H,26,28)(H2,25,27,29). The molecular weight excluding hydrogens is 364 g/mol. The van der Waals surface area contributed by atoms with Crippen molar-refractivity contribution in [3.8, 4) is 0 Å². The number of hydrogen-bond acceptors (Lipinski definition) is 3. The number of carbonyl (C=O) groups is 2. The maximum absolute atomic E-state index is 12.8. The molecule has 6 nitrogen and oxygen atoms in total. The number of hydrogen-bond donors (Lipinski definition) is 4. The molecule has 5 N–H and O–H groups in total. The molecule has 1 aliphatic carbocycles. The topological polar surface area (TPSA) is 96.2 Å². The molecule has 0 radical (unpaired) electrons. The van der Waals surface area contributed by atoms with Crippen LogP contribution in [0.5, 0.6) is 0 Å². The molecule has 2 aromatic carbocycles. The van der Waals surface area contributed by atoms with Crippen molar-refractivity contribution < 1.29 is 9.59 Å². The van der Waals surface area contributed by atoms with Crippen LogP contribution in [0.25, 0.3) is 0 Å². The lowest BCUT2D eigenvalue weighted by Gasteiger charge is -2.24. The first kappa shape index (κ1) is 20.9. The fourth-order valence-corrected chi connectivity index (χ4v) is 3.61. The Kier molecular flexibility index (Phi) is 6.88. The lowest BCUT2D eigenvalue weighted by Crippen LogP contribution is -2.49. The first-order valence-electron chi connectivity index (χ1n) is 10.3. The second kappa shape index (κ2) is 9.56. The maximum atomic E-state index is 12.8. The van der Waals surface area contributed by atoms with Crippen LogP contribution in [0.2, 0.25) is 0 Å². The Hall–Kier alpha value is -2.86. The van der Waals surface area contributed by atoms with Gasteiger partial charge >= 0.3 is 6.03 Å². The van der Waals surface area contributed by atoms with Gasteiger partial charge < -0.3 is 21.7 Å². The molecule has 0 saturated heterocycles. The summed E-state index contributed by atoms with van der Waals surface area (Å²) >= 11 is 0. The highest BCUT2D eigenvalue weighted by atomic mass is 16.2. The van der Waals surface area contributed by atoms with E-state index in [0.717, 1.165) is 41.5 Å².